The van der Waals surface area contributed by atoms with Gasteiger partial charge >= 0.3 is 0 Å². The van der Waals surface area contributed by atoms with Crippen LogP contribution in [0, 0.1) is 0 Å². The molecule has 0 atom stereocenters. The molecule has 6 heteroatoms. The van der Waals surface area contributed by atoms with Crippen molar-refractivity contribution in [2.75, 3.05) is 33.2 Å². The summed E-state index contributed by atoms with van der Waals surface area (Å²) in [6.45, 7) is 3.79. The number of carbonyl (C=O) groups excluding carboxylic acids is 1. The Hall–Kier alpha value is -1.40. The minimum atomic E-state index is 0.0401. The number of hydrogen-bond acceptors (Lipinski definition) is 4. The fourth-order valence-corrected chi connectivity index (χ4v) is 3.27. The number of aryl methyl sites for hydroxylation is 1. The maximum absolute atomic E-state index is 12.3. The van der Waals surface area contributed by atoms with Crippen LogP contribution in [0.1, 0.15) is 36.2 Å². The highest BCUT2D eigenvalue weighted by molar-refractivity contribution is 5.92. The van der Waals surface area contributed by atoms with Crippen molar-refractivity contribution in [2.45, 2.75) is 37.9 Å². The van der Waals surface area contributed by atoms with Crippen LogP contribution in [-0.4, -0.2) is 70.7 Å². The molecular formula is C16H26N4O2. The van der Waals surface area contributed by atoms with Gasteiger partial charge in [0.25, 0.3) is 5.91 Å². The number of ether oxygens (including phenoxy) is 1. The van der Waals surface area contributed by atoms with Crippen LogP contribution < -0.4 is 0 Å². The van der Waals surface area contributed by atoms with Crippen LogP contribution in [0.15, 0.2) is 12.5 Å². The van der Waals surface area contributed by atoms with Gasteiger partial charge in [0.2, 0.25) is 0 Å². The molecule has 1 aromatic heterocycles. The van der Waals surface area contributed by atoms with Crippen LogP contribution >= 0.6 is 0 Å². The number of nitrogens with zero attached hydrogens (tertiary/aromatic N) is 4. The summed E-state index contributed by atoms with van der Waals surface area (Å²) in [5, 5.41) is 0. The van der Waals surface area contributed by atoms with Crippen LogP contribution in [0.4, 0.5) is 0 Å². The molecule has 1 amide bonds. The van der Waals surface area contributed by atoms with E-state index in [0.717, 1.165) is 51.9 Å². The van der Waals surface area contributed by atoms with Crippen LogP contribution in [0.5, 0.6) is 0 Å². The first-order valence-corrected chi connectivity index (χ1v) is 8.23. The Kier molecular flexibility index (Phi) is 4.78. The molecule has 2 aliphatic rings. The lowest BCUT2D eigenvalue weighted by Gasteiger charge is -2.36. The zero-order valence-electron chi connectivity index (χ0n) is 13.6. The molecule has 1 aromatic rings. The third-order valence-corrected chi connectivity index (χ3v) is 4.70. The van der Waals surface area contributed by atoms with Crippen molar-refractivity contribution in [2.24, 2.45) is 7.05 Å². The van der Waals surface area contributed by atoms with Crippen molar-refractivity contribution in [1.82, 2.24) is 19.4 Å². The van der Waals surface area contributed by atoms with Crippen molar-refractivity contribution >= 4 is 5.91 Å². The summed E-state index contributed by atoms with van der Waals surface area (Å²) in [6.07, 6.45) is 8.29. The van der Waals surface area contributed by atoms with Crippen molar-refractivity contribution < 1.29 is 9.53 Å². The van der Waals surface area contributed by atoms with Gasteiger partial charge in [0.1, 0.15) is 5.69 Å². The molecule has 0 N–H and O–H groups in total. The second-order valence-electron chi connectivity index (χ2n) is 6.55. The van der Waals surface area contributed by atoms with Gasteiger partial charge in [-0.3, -0.25) is 4.79 Å². The first-order valence-electron chi connectivity index (χ1n) is 8.23. The van der Waals surface area contributed by atoms with Crippen LogP contribution in [-0.2, 0) is 11.8 Å². The largest absolute Gasteiger partial charge is 0.375 e. The molecule has 2 fully saturated rings. The second kappa shape index (κ2) is 6.79. The predicted octanol–water partition coefficient (Wildman–Crippen LogP) is 1.14. The molecule has 0 radical (unpaired) electrons. The lowest BCUT2D eigenvalue weighted by molar-refractivity contribution is -0.0600. The highest BCUT2D eigenvalue weighted by Gasteiger charge is 2.27. The molecule has 22 heavy (non-hydrogen) atoms. The molecule has 3 heterocycles. The maximum Gasteiger partial charge on any atom is 0.274 e. The number of likely N-dealkylation sites (tertiary alicyclic amines) is 2. The summed E-state index contributed by atoms with van der Waals surface area (Å²) >= 11 is 0. The Balaban J connectivity index is 1.45. The molecule has 0 aliphatic carbocycles. The smallest absolute Gasteiger partial charge is 0.274 e. The van der Waals surface area contributed by atoms with Gasteiger partial charge in [-0.25, -0.2) is 4.98 Å². The fraction of sp³-hybridized carbons (Fsp3) is 0.750. The standard InChI is InChI=1S/C16H26N4O2/c1-18-7-3-13(4-8-18)22-14-5-9-20(10-6-14)16(21)15-11-19(2)12-17-15/h11-14H,3-10H2,1-2H3. The highest BCUT2D eigenvalue weighted by Crippen LogP contribution is 2.21. The molecule has 0 unspecified atom stereocenters. The molecule has 0 bridgehead atoms. The van der Waals surface area contributed by atoms with Crippen LogP contribution in [0.25, 0.3) is 0 Å². The maximum atomic E-state index is 12.3. The van der Waals surface area contributed by atoms with Gasteiger partial charge in [-0.15, -0.1) is 0 Å². The Labute approximate surface area is 132 Å². The third-order valence-electron chi connectivity index (χ3n) is 4.70. The Bertz CT molecular complexity index is 500. The zero-order valence-corrected chi connectivity index (χ0v) is 13.6. The lowest BCUT2D eigenvalue weighted by atomic mass is 10.0. The predicted molar refractivity (Wildman–Crippen MR) is 83.7 cm³/mol. The summed E-state index contributed by atoms with van der Waals surface area (Å²) in [5.74, 6) is 0.0401. The molecule has 0 spiro atoms. The van der Waals surface area contributed by atoms with E-state index in [4.69, 9.17) is 4.74 Å². The van der Waals surface area contributed by atoms with Crippen molar-refractivity contribution in [1.29, 1.82) is 0 Å². The Morgan fingerprint density at radius 3 is 2.23 bits per heavy atom. The number of piperidine rings is 2. The molecule has 2 saturated heterocycles. The van der Waals surface area contributed by atoms with Gasteiger partial charge in [-0.2, -0.15) is 0 Å². The van der Waals surface area contributed by atoms with E-state index in [2.05, 4.69) is 16.9 Å². The van der Waals surface area contributed by atoms with Gasteiger partial charge < -0.3 is 19.1 Å². The van der Waals surface area contributed by atoms with E-state index < -0.39 is 0 Å². The van der Waals surface area contributed by atoms with E-state index in [1.165, 1.54) is 0 Å². The van der Waals surface area contributed by atoms with Gasteiger partial charge in [0, 0.05) is 39.4 Å². The minimum Gasteiger partial charge on any atom is -0.375 e. The van der Waals surface area contributed by atoms with Crippen LogP contribution in [0.2, 0.25) is 0 Å². The van der Waals surface area contributed by atoms with Gasteiger partial charge in [-0.1, -0.05) is 0 Å². The van der Waals surface area contributed by atoms with Gasteiger partial charge in [0.05, 0.1) is 18.5 Å². The van der Waals surface area contributed by atoms with E-state index in [0.29, 0.717) is 17.9 Å². The van der Waals surface area contributed by atoms with E-state index in [1.807, 2.05) is 16.5 Å². The zero-order chi connectivity index (χ0) is 15.5. The van der Waals surface area contributed by atoms with E-state index >= 15 is 0 Å². The molecule has 6 nitrogen and oxygen atoms in total. The van der Waals surface area contributed by atoms with E-state index in [9.17, 15) is 4.79 Å². The summed E-state index contributed by atoms with van der Waals surface area (Å²) in [5.41, 5.74) is 0.539. The van der Waals surface area contributed by atoms with E-state index in [1.54, 1.807) is 12.5 Å². The molecule has 0 aromatic carbocycles. The summed E-state index contributed by atoms with van der Waals surface area (Å²) in [6, 6.07) is 0. The van der Waals surface area contributed by atoms with E-state index in [-0.39, 0.29) is 5.91 Å². The van der Waals surface area contributed by atoms with Crippen LogP contribution in [0.3, 0.4) is 0 Å². The SMILES string of the molecule is CN1CCC(OC2CCN(C(=O)c3cn(C)cn3)CC2)CC1. The average molecular weight is 306 g/mol. The number of aromatic nitrogens is 2. The number of rotatable bonds is 3. The van der Waals surface area contributed by atoms with Gasteiger partial charge in [0.15, 0.2) is 0 Å². The summed E-state index contributed by atoms with van der Waals surface area (Å²) in [4.78, 5) is 20.8. The van der Waals surface area contributed by atoms with Crippen molar-refractivity contribution in [3.63, 3.8) is 0 Å². The highest BCUT2D eigenvalue weighted by atomic mass is 16.5. The molecular weight excluding hydrogens is 280 g/mol. The molecule has 122 valence electrons. The first-order chi connectivity index (χ1) is 10.6. The summed E-state index contributed by atoms with van der Waals surface area (Å²) < 4.78 is 8.04. The minimum absolute atomic E-state index is 0.0401. The Morgan fingerprint density at radius 1 is 1.09 bits per heavy atom. The molecule has 2 aliphatic heterocycles. The number of hydrogen-bond donors (Lipinski definition) is 0. The monoisotopic (exact) mass is 306 g/mol. The molecule has 0 saturated carbocycles. The fourth-order valence-electron chi connectivity index (χ4n) is 3.27. The molecule has 3 rings (SSSR count). The number of amides is 1. The number of carbonyl (C=O) groups is 1. The number of imidazole rings is 1. The second-order valence-corrected chi connectivity index (χ2v) is 6.55. The third kappa shape index (κ3) is 3.67. The lowest BCUT2D eigenvalue weighted by Crippen LogP contribution is -2.43. The quantitative estimate of drug-likeness (QED) is 0.840. The first kappa shape index (κ1) is 15.5. The normalized spacial score (nSPS) is 22.2. The summed E-state index contributed by atoms with van der Waals surface area (Å²) in [7, 11) is 4.05. The van der Waals surface area contributed by atoms with Crippen molar-refractivity contribution in [3.8, 4) is 0 Å². The topological polar surface area (TPSA) is 50.6 Å². The van der Waals surface area contributed by atoms with Crippen molar-refractivity contribution in [3.05, 3.63) is 18.2 Å². The van der Waals surface area contributed by atoms with Gasteiger partial charge in [-0.05, 0) is 32.7 Å². The Morgan fingerprint density at radius 2 is 1.68 bits per heavy atom. The average Bonchev–Trinajstić information content (AvgIpc) is 2.96.